The Morgan fingerprint density at radius 2 is 1.86 bits per heavy atom. The lowest BCUT2D eigenvalue weighted by Gasteiger charge is -2.14. The molecular weight excluding hydrogens is 104 g/mol. The van der Waals surface area contributed by atoms with Crippen molar-refractivity contribution in [1.29, 1.82) is 0 Å². The predicted octanol–water partition coefficient (Wildman–Crippen LogP) is 1.25. The number of rotatable bonds is 2. The highest BCUT2D eigenvalue weighted by Gasteiger charge is 2.14. The summed E-state index contributed by atoms with van der Waals surface area (Å²) in [5.74, 6) is 0. The molecule has 0 heterocycles. The van der Waals surface area contributed by atoms with Crippen LogP contribution in [0.3, 0.4) is 0 Å². The maximum atomic E-state index is 8.66. The van der Waals surface area contributed by atoms with E-state index in [0.717, 1.165) is 0 Å². The van der Waals surface area contributed by atoms with Crippen LogP contribution in [0.1, 0.15) is 6.92 Å². The summed E-state index contributed by atoms with van der Waals surface area (Å²) < 4.78 is 0. The van der Waals surface area contributed by atoms with E-state index in [2.05, 4.69) is 20.0 Å². The molecule has 1 N–H and O–H groups in total. The van der Waals surface area contributed by atoms with Gasteiger partial charge in [0.1, 0.15) is 0 Å². The van der Waals surface area contributed by atoms with Crippen LogP contribution in [0.15, 0.2) is 0 Å². The first-order valence-corrected chi connectivity index (χ1v) is 6.14. The molecule has 0 amide bonds. The molecule has 0 aliphatic carbocycles. The average Bonchev–Trinajstić information content (AvgIpc) is 1.68. The third-order valence-electron chi connectivity index (χ3n) is 1.39. The smallest absolute Gasteiger partial charge is 0.0770 e. The van der Waals surface area contributed by atoms with Crippen LogP contribution in [0.2, 0.25) is 19.1 Å². The van der Waals surface area contributed by atoms with E-state index < -0.39 is 8.07 Å². The SMILES string of the molecule is CC[Si](C)(C)CO. The lowest BCUT2D eigenvalue weighted by atomic mass is 11.0. The summed E-state index contributed by atoms with van der Waals surface area (Å²) in [6, 6.07) is 1.18. The Labute approximate surface area is 46.4 Å². The normalized spacial score (nSPS) is 12.0. The molecule has 0 saturated heterocycles. The van der Waals surface area contributed by atoms with Crippen molar-refractivity contribution >= 4 is 8.07 Å². The highest BCUT2D eigenvalue weighted by molar-refractivity contribution is 6.77. The van der Waals surface area contributed by atoms with Crippen molar-refractivity contribution in [1.82, 2.24) is 0 Å². The van der Waals surface area contributed by atoms with E-state index in [9.17, 15) is 0 Å². The molecule has 2 heteroatoms. The molecule has 0 aliphatic rings. The van der Waals surface area contributed by atoms with Crippen LogP contribution in [-0.4, -0.2) is 19.4 Å². The minimum absolute atomic E-state index is 0.434. The van der Waals surface area contributed by atoms with Crippen LogP contribution >= 0.6 is 0 Å². The van der Waals surface area contributed by atoms with E-state index in [0.29, 0.717) is 6.23 Å². The first-order valence-electron chi connectivity index (χ1n) is 2.73. The van der Waals surface area contributed by atoms with Gasteiger partial charge < -0.3 is 5.11 Å². The van der Waals surface area contributed by atoms with Gasteiger partial charge in [-0.3, -0.25) is 0 Å². The monoisotopic (exact) mass is 118 g/mol. The number of aliphatic hydroxyl groups excluding tert-OH is 1. The fourth-order valence-electron chi connectivity index (χ4n) is 0.112. The Bertz CT molecular complexity index is 46.0. The first kappa shape index (κ1) is 7.18. The van der Waals surface area contributed by atoms with Gasteiger partial charge in [-0.2, -0.15) is 0 Å². The molecule has 0 atom stereocenters. The zero-order chi connectivity index (χ0) is 5.91. The molecule has 1 nitrogen and oxygen atoms in total. The van der Waals surface area contributed by atoms with E-state index in [1.54, 1.807) is 0 Å². The van der Waals surface area contributed by atoms with Gasteiger partial charge in [-0.25, -0.2) is 0 Å². The number of hydrogen-bond donors (Lipinski definition) is 1. The lowest BCUT2D eigenvalue weighted by Crippen LogP contribution is -2.29. The molecule has 44 valence electrons. The van der Waals surface area contributed by atoms with E-state index in [4.69, 9.17) is 5.11 Å². The van der Waals surface area contributed by atoms with Gasteiger partial charge in [-0.15, -0.1) is 0 Å². The molecule has 0 radical (unpaired) electrons. The van der Waals surface area contributed by atoms with Crippen molar-refractivity contribution in [2.45, 2.75) is 26.1 Å². The third-order valence-corrected chi connectivity index (χ3v) is 4.16. The molecular formula is C5H14OSi. The van der Waals surface area contributed by atoms with Crippen molar-refractivity contribution in [3.05, 3.63) is 0 Å². The quantitative estimate of drug-likeness (QED) is 0.541. The van der Waals surface area contributed by atoms with Crippen molar-refractivity contribution < 1.29 is 5.11 Å². The lowest BCUT2D eigenvalue weighted by molar-refractivity contribution is 0.358. The van der Waals surface area contributed by atoms with Gasteiger partial charge in [-0.05, 0) is 0 Å². The largest absolute Gasteiger partial charge is 0.400 e. The molecule has 7 heavy (non-hydrogen) atoms. The first-order chi connectivity index (χ1) is 3.12. The minimum Gasteiger partial charge on any atom is -0.400 e. The molecule has 0 aromatic heterocycles. The zero-order valence-electron chi connectivity index (χ0n) is 5.36. The maximum Gasteiger partial charge on any atom is 0.0770 e. The van der Waals surface area contributed by atoms with Gasteiger partial charge in [0.2, 0.25) is 0 Å². The van der Waals surface area contributed by atoms with Crippen LogP contribution in [0, 0.1) is 0 Å². The number of aliphatic hydroxyl groups is 1. The Balaban J connectivity index is 3.36. The van der Waals surface area contributed by atoms with Crippen molar-refractivity contribution in [2.75, 3.05) is 6.23 Å². The molecule has 0 aliphatic heterocycles. The van der Waals surface area contributed by atoms with Gasteiger partial charge in [-0.1, -0.05) is 26.1 Å². The summed E-state index contributed by atoms with van der Waals surface area (Å²) in [6.07, 6.45) is 0.434. The van der Waals surface area contributed by atoms with Crippen LogP contribution in [0.4, 0.5) is 0 Å². The molecule has 0 aromatic rings. The summed E-state index contributed by atoms with van der Waals surface area (Å²) >= 11 is 0. The second-order valence-electron chi connectivity index (χ2n) is 2.68. The fraction of sp³-hybridized carbons (Fsp3) is 1.00. The number of hydrogen-bond acceptors (Lipinski definition) is 1. The van der Waals surface area contributed by atoms with Gasteiger partial charge >= 0.3 is 0 Å². The second-order valence-corrected chi connectivity index (χ2v) is 8.03. The van der Waals surface area contributed by atoms with Crippen LogP contribution in [0.5, 0.6) is 0 Å². The topological polar surface area (TPSA) is 20.2 Å². The van der Waals surface area contributed by atoms with Crippen LogP contribution in [-0.2, 0) is 0 Å². The molecule has 0 unspecified atom stereocenters. The minimum atomic E-state index is -1.10. The van der Waals surface area contributed by atoms with E-state index in [1.165, 1.54) is 6.04 Å². The van der Waals surface area contributed by atoms with Gasteiger partial charge in [0.05, 0.1) is 8.07 Å². The van der Waals surface area contributed by atoms with E-state index in [1.807, 2.05) is 0 Å². The van der Waals surface area contributed by atoms with Crippen LogP contribution < -0.4 is 0 Å². The van der Waals surface area contributed by atoms with Crippen molar-refractivity contribution in [2.24, 2.45) is 0 Å². The highest BCUT2D eigenvalue weighted by Crippen LogP contribution is 2.04. The average molecular weight is 118 g/mol. The van der Waals surface area contributed by atoms with Gasteiger partial charge in [0.25, 0.3) is 0 Å². The summed E-state index contributed by atoms with van der Waals surface area (Å²) in [5.41, 5.74) is 0. The molecule has 0 bridgehead atoms. The molecule has 0 saturated carbocycles. The molecule has 0 fully saturated rings. The van der Waals surface area contributed by atoms with Gasteiger partial charge in [0.15, 0.2) is 0 Å². The Kier molecular flexibility index (Phi) is 2.54. The van der Waals surface area contributed by atoms with Gasteiger partial charge in [0, 0.05) is 6.23 Å². The summed E-state index contributed by atoms with van der Waals surface area (Å²) in [5, 5.41) is 8.66. The third kappa shape index (κ3) is 2.82. The van der Waals surface area contributed by atoms with Crippen LogP contribution in [0.25, 0.3) is 0 Å². The summed E-state index contributed by atoms with van der Waals surface area (Å²) in [4.78, 5) is 0. The second kappa shape index (κ2) is 2.48. The highest BCUT2D eigenvalue weighted by atomic mass is 28.3. The Hall–Kier alpha value is 0.177. The maximum absolute atomic E-state index is 8.66. The Morgan fingerprint density at radius 3 is 1.86 bits per heavy atom. The molecule has 0 spiro atoms. The van der Waals surface area contributed by atoms with E-state index in [-0.39, 0.29) is 0 Å². The zero-order valence-corrected chi connectivity index (χ0v) is 6.36. The standard InChI is InChI=1S/C5H14OSi/c1-4-7(2,3)5-6/h6H,4-5H2,1-3H3. The predicted molar refractivity (Wildman–Crippen MR) is 35.0 cm³/mol. The fourth-order valence-corrected chi connectivity index (χ4v) is 0.335. The molecule has 0 rings (SSSR count). The summed E-state index contributed by atoms with van der Waals surface area (Å²) in [6.45, 7) is 6.52. The van der Waals surface area contributed by atoms with Crippen molar-refractivity contribution in [3.8, 4) is 0 Å². The molecule has 0 aromatic carbocycles. The Morgan fingerprint density at radius 1 is 1.43 bits per heavy atom. The van der Waals surface area contributed by atoms with E-state index >= 15 is 0 Å². The summed E-state index contributed by atoms with van der Waals surface area (Å²) in [7, 11) is -1.10. The van der Waals surface area contributed by atoms with Crippen molar-refractivity contribution in [3.63, 3.8) is 0 Å².